The first-order valence-electron chi connectivity index (χ1n) is 12.7. The van der Waals surface area contributed by atoms with E-state index in [0.717, 1.165) is 16.7 Å². The molecular formula is C30H34ClFN2O3. The lowest BCUT2D eigenvalue weighted by molar-refractivity contribution is -0.122. The molecule has 7 heteroatoms. The SMILES string of the molecule is CC(C)Oc1ccc([C@H](O)[C@@H](CN2CC[C@@H](F)C2)NC(=O)Cc2ccc(-c3ccc(Cl)cc3)cc2)cc1. The average molecular weight is 525 g/mol. The van der Waals surface area contributed by atoms with Crippen LogP contribution in [-0.4, -0.2) is 53.9 Å². The van der Waals surface area contributed by atoms with E-state index < -0.39 is 18.3 Å². The van der Waals surface area contributed by atoms with E-state index in [1.54, 1.807) is 12.1 Å². The van der Waals surface area contributed by atoms with Crippen LogP contribution < -0.4 is 10.1 Å². The van der Waals surface area contributed by atoms with Gasteiger partial charge in [0, 0.05) is 24.7 Å². The lowest BCUT2D eigenvalue weighted by Gasteiger charge is -2.29. The number of alkyl halides is 1. The number of ether oxygens (including phenoxy) is 1. The maximum Gasteiger partial charge on any atom is 0.224 e. The van der Waals surface area contributed by atoms with Crippen molar-refractivity contribution in [1.29, 1.82) is 0 Å². The van der Waals surface area contributed by atoms with Gasteiger partial charge in [0.1, 0.15) is 18.0 Å². The Balaban J connectivity index is 1.43. The first-order valence-corrected chi connectivity index (χ1v) is 13.1. The molecule has 1 heterocycles. The minimum Gasteiger partial charge on any atom is -0.491 e. The standard InChI is InChI=1S/C30H34ClFN2O3/c1-20(2)37-27-13-9-24(10-14-27)30(36)28(19-34-16-15-26(32)18-34)33-29(35)17-21-3-5-22(6-4-21)23-7-11-25(31)12-8-23/h3-14,20,26,28,30,36H,15-19H2,1-2H3,(H,33,35)/t26-,28-,30+/m1/s1. The molecule has 1 saturated heterocycles. The number of halogens is 2. The number of benzene rings is 3. The third-order valence-corrected chi connectivity index (χ3v) is 6.74. The number of nitrogens with zero attached hydrogens (tertiary/aromatic N) is 1. The fourth-order valence-electron chi connectivity index (χ4n) is 4.60. The lowest BCUT2D eigenvalue weighted by atomic mass is 10.0. The number of carbonyl (C=O) groups is 1. The molecule has 4 rings (SSSR count). The number of hydrogen-bond donors (Lipinski definition) is 2. The summed E-state index contributed by atoms with van der Waals surface area (Å²) in [5.74, 6) is 0.521. The molecule has 3 aromatic rings. The Morgan fingerprint density at radius 3 is 2.24 bits per heavy atom. The number of aliphatic hydroxyl groups is 1. The van der Waals surface area contributed by atoms with Gasteiger partial charge in [0.25, 0.3) is 0 Å². The molecule has 2 N–H and O–H groups in total. The Bertz CT molecular complexity index is 1150. The van der Waals surface area contributed by atoms with Crippen molar-refractivity contribution in [2.75, 3.05) is 19.6 Å². The van der Waals surface area contributed by atoms with Crippen molar-refractivity contribution in [2.24, 2.45) is 0 Å². The van der Waals surface area contributed by atoms with Crippen LogP contribution in [-0.2, 0) is 11.2 Å². The highest BCUT2D eigenvalue weighted by Crippen LogP contribution is 2.24. The Morgan fingerprint density at radius 1 is 1.05 bits per heavy atom. The van der Waals surface area contributed by atoms with Crippen LogP contribution in [0.1, 0.15) is 37.5 Å². The van der Waals surface area contributed by atoms with E-state index in [0.29, 0.717) is 42.4 Å². The summed E-state index contributed by atoms with van der Waals surface area (Å²) in [5, 5.41) is 14.9. The molecule has 0 spiro atoms. The van der Waals surface area contributed by atoms with Crippen molar-refractivity contribution in [1.82, 2.24) is 10.2 Å². The summed E-state index contributed by atoms with van der Waals surface area (Å²) in [7, 11) is 0. The second-order valence-corrected chi connectivity index (χ2v) is 10.3. The Kier molecular flexibility index (Phi) is 9.19. The maximum atomic E-state index is 13.8. The minimum absolute atomic E-state index is 0.0480. The van der Waals surface area contributed by atoms with Crippen molar-refractivity contribution < 1.29 is 19.0 Å². The fraction of sp³-hybridized carbons (Fsp3) is 0.367. The predicted octanol–water partition coefficient (Wildman–Crippen LogP) is 5.60. The molecule has 1 amide bonds. The van der Waals surface area contributed by atoms with Crippen molar-refractivity contribution in [3.63, 3.8) is 0 Å². The second kappa shape index (κ2) is 12.5. The highest BCUT2D eigenvalue weighted by atomic mass is 35.5. The van der Waals surface area contributed by atoms with E-state index in [4.69, 9.17) is 16.3 Å². The Hall–Kier alpha value is -2.93. The van der Waals surface area contributed by atoms with E-state index in [9.17, 15) is 14.3 Å². The molecule has 0 aliphatic carbocycles. The van der Waals surface area contributed by atoms with Gasteiger partial charge in [-0.25, -0.2) is 4.39 Å². The average Bonchev–Trinajstić information content (AvgIpc) is 3.29. The first-order chi connectivity index (χ1) is 17.8. The van der Waals surface area contributed by atoms with Crippen molar-refractivity contribution >= 4 is 17.5 Å². The van der Waals surface area contributed by atoms with Crippen LogP contribution in [0.4, 0.5) is 4.39 Å². The molecule has 0 bridgehead atoms. The van der Waals surface area contributed by atoms with Crippen molar-refractivity contribution in [2.45, 2.75) is 51.1 Å². The zero-order valence-corrected chi connectivity index (χ0v) is 22.0. The van der Waals surface area contributed by atoms with Crippen LogP contribution in [0.3, 0.4) is 0 Å². The van der Waals surface area contributed by atoms with E-state index in [-0.39, 0.29) is 18.4 Å². The third-order valence-electron chi connectivity index (χ3n) is 6.49. The first kappa shape index (κ1) is 27.1. The molecule has 5 nitrogen and oxygen atoms in total. The molecule has 0 saturated carbocycles. The normalized spacial score (nSPS) is 17.5. The summed E-state index contributed by atoms with van der Waals surface area (Å²) in [6.45, 7) is 5.19. The number of amides is 1. The van der Waals surface area contributed by atoms with Crippen LogP contribution in [0.5, 0.6) is 5.75 Å². The van der Waals surface area contributed by atoms with Gasteiger partial charge < -0.3 is 15.2 Å². The molecule has 0 unspecified atom stereocenters. The van der Waals surface area contributed by atoms with Gasteiger partial charge in [-0.1, -0.05) is 60.1 Å². The highest BCUT2D eigenvalue weighted by Gasteiger charge is 2.29. The summed E-state index contributed by atoms with van der Waals surface area (Å²) in [5.41, 5.74) is 3.62. The van der Waals surface area contributed by atoms with Crippen molar-refractivity contribution in [3.8, 4) is 16.9 Å². The number of likely N-dealkylation sites (tertiary alicyclic amines) is 1. The van der Waals surface area contributed by atoms with Crippen LogP contribution in [0.15, 0.2) is 72.8 Å². The van der Waals surface area contributed by atoms with Gasteiger partial charge in [0.15, 0.2) is 0 Å². The Labute approximate surface area is 223 Å². The van der Waals surface area contributed by atoms with Crippen molar-refractivity contribution in [3.05, 3.63) is 88.9 Å². The number of aliphatic hydroxyl groups excluding tert-OH is 1. The van der Waals surface area contributed by atoms with Crippen LogP contribution >= 0.6 is 11.6 Å². The molecule has 1 aliphatic rings. The largest absolute Gasteiger partial charge is 0.491 e. The minimum atomic E-state index is -0.942. The zero-order valence-electron chi connectivity index (χ0n) is 21.2. The monoisotopic (exact) mass is 524 g/mol. The molecule has 3 aromatic carbocycles. The molecule has 1 fully saturated rings. The molecule has 0 aromatic heterocycles. The quantitative estimate of drug-likeness (QED) is 0.362. The number of carbonyl (C=O) groups excluding carboxylic acids is 1. The topological polar surface area (TPSA) is 61.8 Å². The maximum absolute atomic E-state index is 13.8. The molecule has 37 heavy (non-hydrogen) atoms. The number of nitrogens with one attached hydrogen (secondary N) is 1. The summed E-state index contributed by atoms with van der Waals surface area (Å²) < 4.78 is 19.5. The summed E-state index contributed by atoms with van der Waals surface area (Å²) in [4.78, 5) is 15.0. The summed E-state index contributed by atoms with van der Waals surface area (Å²) in [6.07, 6.45) is -1.12. The van der Waals surface area contributed by atoms with E-state index in [1.807, 2.05) is 79.4 Å². The molecule has 3 atom stereocenters. The van der Waals surface area contributed by atoms with E-state index >= 15 is 0 Å². The van der Waals surface area contributed by atoms with Gasteiger partial charge in [0.05, 0.1) is 18.6 Å². The fourth-order valence-corrected chi connectivity index (χ4v) is 4.73. The highest BCUT2D eigenvalue weighted by molar-refractivity contribution is 6.30. The van der Waals surface area contributed by atoms with Gasteiger partial charge in [-0.2, -0.15) is 0 Å². The van der Waals surface area contributed by atoms with Gasteiger partial charge in [0.2, 0.25) is 5.91 Å². The smallest absolute Gasteiger partial charge is 0.224 e. The van der Waals surface area contributed by atoms with Gasteiger partial charge in [-0.15, -0.1) is 0 Å². The van der Waals surface area contributed by atoms with Crippen LogP contribution in [0, 0.1) is 0 Å². The predicted molar refractivity (Wildman–Crippen MR) is 146 cm³/mol. The summed E-state index contributed by atoms with van der Waals surface area (Å²) >= 11 is 5.98. The molecular weight excluding hydrogens is 491 g/mol. The van der Waals surface area contributed by atoms with E-state index in [1.165, 1.54) is 0 Å². The molecule has 0 radical (unpaired) electrons. The zero-order chi connectivity index (χ0) is 26.4. The lowest BCUT2D eigenvalue weighted by Crippen LogP contribution is -2.47. The molecule has 196 valence electrons. The third kappa shape index (κ3) is 7.78. The second-order valence-electron chi connectivity index (χ2n) is 9.88. The van der Waals surface area contributed by atoms with Gasteiger partial charge in [-0.3, -0.25) is 9.69 Å². The number of hydrogen-bond acceptors (Lipinski definition) is 4. The van der Waals surface area contributed by atoms with Crippen LogP contribution in [0.2, 0.25) is 5.02 Å². The molecule has 1 aliphatic heterocycles. The summed E-state index contributed by atoms with van der Waals surface area (Å²) in [6, 6.07) is 22.1. The van der Waals surface area contributed by atoms with E-state index in [2.05, 4.69) is 5.32 Å². The van der Waals surface area contributed by atoms with Crippen LogP contribution in [0.25, 0.3) is 11.1 Å². The number of rotatable bonds is 10. The van der Waals surface area contributed by atoms with Gasteiger partial charge in [-0.05, 0) is 66.8 Å². The Morgan fingerprint density at radius 2 is 1.68 bits per heavy atom. The van der Waals surface area contributed by atoms with Gasteiger partial charge >= 0.3 is 0 Å².